The number of rotatable bonds is 4. The van der Waals surface area contributed by atoms with Crippen LogP contribution in [-0.2, 0) is 14.8 Å². The summed E-state index contributed by atoms with van der Waals surface area (Å²) in [4.78, 5) is 6.55. The lowest BCUT2D eigenvalue weighted by atomic mass is 10.3. The van der Waals surface area contributed by atoms with Gasteiger partial charge in [0.2, 0.25) is 0 Å². The van der Waals surface area contributed by atoms with Crippen molar-refractivity contribution in [3.63, 3.8) is 0 Å². The first-order chi connectivity index (χ1) is 11.0. The average molecular weight is 398 g/mol. The number of ether oxygens (including phenoxy) is 1. The molecule has 1 aliphatic heterocycles. The second-order valence-corrected chi connectivity index (χ2v) is 7.66. The van der Waals surface area contributed by atoms with Crippen LogP contribution in [-0.4, -0.2) is 39.7 Å². The highest BCUT2D eigenvalue weighted by molar-refractivity contribution is 9.10. The quantitative estimate of drug-likeness (QED) is 0.857. The van der Waals surface area contributed by atoms with Crippen molar-refractivity contribution in [2.45, 2.75) is 4.90 Å². The Kier molecular flexibility index (Phi) is 4.84. The summed E-state index contributed by atoms with van der Waals surface area (Å²) >= 11 is 3.28. The molecule has 23 heavy (non-hydrogen) atoms. The molecule has 0 radical (unpaired) electrons. The minimum atomic E-state index is -3.63. The third-order valence-electron chi connectivity index (χ3n) is 3.49. The molecule has 0 amide bonds. The lowest BCUT2D eigenvalue weighted by Crippen LogP contribution is -2.36. The first-order valence-electron chi connectivity index (χ1n) is 7.12. The van der Waals surface area contributed by atoms with E-state index in [1.54, 1.807) is 24.4 Å². The lowest BCUT2D eigenvalue weighted by molar-refractivity contribution is 0.122. The monoisotopic (exact) mass is 397 g/mol. The molecule has 2 aromatic rings. The number of benzene rings is 1. The van der Waals surface area contributed by atoms with Crippen molar-refractivity contribution in [3.05, 3.63) is 47.1 Å². The molecule has 0 unspecified atom stereocenters. The Labute approximate surface area is 143 Å². The molecule has 0 spiro atoms. The van der Waals surface area contributed by atoms with Crippen molar-refractivity contribution in [1.29, 1.82) is 0 Å². The van der Waals surface area contributed by atoms with Crippen LogP contribution in [0.5, 0.6) is 0 Å². The average Bonchev–Trinajstić information content (AvgIpc) is 2.56. The predicted molar refractivity (Wildman–Crippen MR) is 92.2 cm³/mol. The van der Waals surface area contributed by atoms with Gasteiger partial charge in [-0.2, -0.15) is 0 Å². The van der Waals surface area contributed by atoms with Crippen molar-refractivity contribution >= 4 is 37.5 Å². The summed E-state index contributed by atoms with van der Waals surface area (Å²) in [5.74, 6) is 0.296. The maximum Gasteiger partial charge on any atom is 0.263 e. The molecular weight excluding hydrogens is 382 g/mol. The molecular formula is C15H16BrN3O3S. The summed E-state index contributed by atoms with van der Waals surface area (Å²) in [5.41, 5.74) is 0.958. The Morgan fingerprint density at radius 3 is 2.39 bits per heavy atom. The van der Waals surface area contributed by atoms with Crippen LogP contribution >= 0.6 is 15.9 Å². The molecule has 1 aliphatic rings. The van der Waals surface area contributed by atoms with Crippen molar-refractivity contribution in [3.8, 4) is 0 Å². The Bertz CT molecular complexity index is 758. The van der Waals surface area contributed by atoms with Crippen LogP contribution in [0, 0.1) is 0 Å². The molecule has 8 heteroatoms. The minimum absolute atomic E-state index is 0.194. The van der Waals surface area contributed by atoms with E-state index in [2.05, 4.69) is 30.5 Å². The Morgan fingerprint density at radius 1 is 1.09 bits per heavy atom. The zero-order valence-corrected chi connectivity index (χ0v) is 14.7. The molecule has 1 N–H and O–H groups in total. The zero-order chi connectivity index (χ0) is 16.3. The van der Waals surface area contributed by atoms with Gasteiger partial charge in [-0.3, -0.25) is 4.72 Å². The fourth-order valence-electron chi connectivity index (χ4n) is 2.27. The summed E-state index contributed by atoms with van der Waals surface area (Å²) in [7, 11) is -3.63. The minimum Gasteiger partial charge on any atom is -0.378 e. The van der Waals surface area contributed by atoms with Gasteiger partial charge in [-0.15, -0.1) is 0 Å². The van der Waals surface area contributed by atoms with Crippen LogP contribution in [0.2, 0.25) is 0 Å². The number of aromatic nitrogens is 1. The Hall–Kier alpha value is -1.64. The van der Waals surface area contributed by atoms with E-state index in [9.17, 15) is 8.42 Å². The second kappa shape index (κ2) is 6.86. The number of hydrogen-bond donors (Lipinski definition) is 1. The fourth-order valence-corrected chi connectivity index (χ4v) is 3.54. The van der Waals surface area contributed by atoms with E-state index in [-0.39, 0.29) is 4.90 Å². The number of pyridine rings is 1. The van der Waals surface area contributed by atoms with Crippen molar-refractivity contribution in [2.24, 2.45) is 0 Å². The van der Waals surface area contributed by atoms with Gasteiger partial charge in [0.15, 0.2) is 0 Å². The highest BCUT2D eigenvalue weighted by atomic mass is 79.9. The number of halogens is 1. The molecule has 1 aromatic carbocycles. The second-order valence-electron chi connectivity index (χ2n) is 5.06. The van der Waals surface area contributed by atoms with Crippen LogP contribution in [0.3, 0.4) is 0 Å². The van der Waals surface area contributed by atoms with E-state index in [0.717, 1.165) is 23.2 Å². The zero-order valence-electron chi connectivity index (χ0n) is 12.3. The molecule has 0 aliphatic carbocycles. The van der Waals surface area contributed by atoms with E-state index >= 15 is 0 Å². The van der Waals surface area contributed by atoms with E-state index in [1.165, 1.54) is 12.1 Å². The standard InChI is InChI=1S/C15H16BrN3O3S/c16-12-1-4-14(5-2-12)23(20,21)18-15-6-3-13(11-17-15)19-7-9-22-10-8-19/h1-6,11H,7-10H2,(H,17,18). The molecule has 0 bridgehead atoms. The normalized spacial score (nSPS) is 15.4. The Balaban J connectivity index is 1.73. The predicted octanol–water partition coefficient (Wildman–Crippen LogP) is 2.48. The molecule has 1 saturated heterocycles. The molecule has 122 valence electrons. The Morgan fingerprint density at radius 2 is 1.78 bits per heavy atom. The third kappa shape index (κ3) is 4.01. The maximum atomic E-state index is 12.3. The van der Waals surface area contributed by atoms with Crippen molar-refractivity contribution in [2.75, 3.05) is 35.9 Å². The van der Waals surface area contributed by atoms with Crippen LogP contribution in [0.15, 0.2) is 52.0 Å². The number of anilines is 2. The molecule has 2 heterocycles. The first kappa shape index (κ1) is 16.2. The topological polar surface area (TPSA) is 71.5 Å². The van der Waals surface area contributed by atoms with Gasteiger partial charge in [-0.25, -0.2) is 13.4 Å². The molecule has 1 fully saturated rings. The number of hydrogen-bond acceptors (Lipinski definition) is 5. The number of nitrogens with one attached hydrogen (secondary N) is 1. The molecule has 0 atom stereocenters. The molecule has 1 aromatic heterocycles. The third-order valence-corrected chi connectivity index (χ3v) is 5.39. The SMILES string of the molecule is O=S(=O)(Nc1ccc(N2CCOCC2)cn1)c1ccc(Br)cc1. The van der Waals surface area contributed by atoms with Gasteiger partial charge in [0, 0.05) is 17.6 Å². The van der Waals surface area contributed by atoms with Crippen LogP contribution < -0.4 is 9.62 Å². The van der Waals surface area contributed by atoms with Crippen molar-refractivity contribution < 1.29 is 13.2 Å². The van der Waals surface area contributed by atoms with Gasteiger partial charge >= 0.3 is 0 Å². The number of sulfonamides is 1. The van der Waals surface area contributed by atoms with Gasteiger partial charge < -0.3 is 9.64 Å². The van der Waals surface area contributed by atoms with Crippen LogP contribution in [0.25, 0.3) is 0 Å². The largest absolute Gasteiger partial charge is 0.378 e. The smallest absolute Gasteiger partial charge is 0.263 e. The van der Waals surface area contributed by atoms with Gasteiger partial charge in [0.05, 0.1) is 30.0 Å². The van der Waals surface area contributed by atoms with E-state index in [4.69, 9.17) is 4.74 Å². The van der Waals surface area contributed by atoms with Crippen LogP contribution in [0.4, 0.5) is 11.5 Å². The van der Waals surface area contributed by atoms with Gasteiger partial charge in [0.25, 0.3) is 10.0 Å². The van der Waals surface area contributed by atoms with E-state index < -0.39 is 10.0 Å². The maximum absolute atomic E-state index is 12.3. The van der Waals surface area contributed by atoms with Gasteiger partial charge in [0.1, 0.15) is 5.82 Å². The molecule has 0 saturated carbocycles. The van der Waals surface area contributed by atoms with E-state index in [1.807, 2.05) is 6.07 Å². The highest BCUT2D eigenvalue weighted by Crippen LogP contribution is 2.20. The number of nitrogens with zero attached hydrogens (tertiary/aromatic N) is 2. The van der Waals surface area contributed by atoms with Gasteiger partial charge in [-0.05, 0) is 36.4 Å². The van der Waals surface area contributed by atoms with Gasteiger partial charge in [-0.1, -0.05) is 15.9 Å². The lowest BCUT2D eigenvalue weighted by Gasteiger charge is -2.28. The summed E-state index contributed by atoms with van der Waals surface area (Å²) in [5, 5.41) is 0. The van der Waals surface area contributed by atoms with Crippen LogP contribution in [0.1, 0.15) is 0 Å². The van der Waals surface area contributed by atoms with Crippen molar-refractivity contribution in [1.82, 2.24) is 4.98 Å². The summed E-state index contributed by atoms with van der Waals surface area (Å²) in [6.45, 7) is 3.01. The first-order valence-corrected chi connectivity index (χ1v) is 9.39. The summed E-state index contributed by atoms with van der Waals surface area (Å²) in [6.07, 6.45) is 1.67. The fraction of sp³-hybridized carbons (Fsp3) is 0.267. The highest BCUT2D eigenvalue weighted by Gasteiger charge is 2.16. The number of morpholine rings is 1. The molecule has 3 rings (SSSR count). The van der Waals surface area contributed by atoms with E-state index in [0.29, 0.717) is 19.0 Å². The summed E-state index contributed by atoms with van der Waals surface area (Å²) < 4.78 is 33.2. The molecule has 6 nitrogen and oxygen atoms in total. The summed E-state index contributed by atoms with van der Waals surface area (Å²) in [6, 6.07) is 9.97.